The third kappa shape index (κ3) is 4.38. The van der Waals surface area contributed by atoms with Gasteiger partial charge in [-0.25, -0.2) is 4.68 Å². The molecule has 2 aliphatic rings. The van der Waals surface area contributed by atoms with E-state index in [1.807, 2.05) is 72.8 Å². The van der Waals surface area contributed by atoms with Gasteiger partial charge in [0.1, 0.15) is 24.7 Å². The van der Waals surface area contributed by atoms with Gasteiger partial charge < -0.3 is 19.5 Å². The summed E-state index contributed by atoms with van der Waals surface area (Å²) in [6, 6.07) is 23.4. The van der Waals surface area contributed by atoms with Crippen molar-refractivity contribution in [2.24, 2.45) is 0 Å². The van der Waals surface area contributed by atoms with E-state index in [1.54, 1.807) is 18.9 Å². The molecule has 0 bridgehead atoms. The third-order valence-electron chi connectivity index (χ3n) is 7.18. The monoisotopic (exact) mass is 508 g/mol. The number of nitrogens with one attached hydrogen (secondary N) is 1. The second kappa shape index (κ2) is 10.0. The first kappa shape index (κ1) is 23.8. The lowest BCUT2D eigenvalue weighted by Gasteiger charge is -2.35. The highest BCUT2D eigenvalue weighted by Gasteiger charge is 2.39. The molecule has 0 saturated heterocycles. The molecule has 4 aromatic rings. The third-order valence-corrected chi connectivity index (χ3v) is 7.18. The van der Waals surface area contributed by atoms with Gasteiger partial charge in [-0.3, -0.25) is 4.79 Å². The van der Waals surface area contributed by atoms with Crippen molar-refractivity contribution in [3.63, 3.8) is 0 Å². The SMILES string of the molecule is COc1ccc([C@H]2CC(=O)C3=C(C2)Nc2ncnn2[C@H]3c2ccc(OCc3ccccc3)cc2)cc1OC. The fraction of sp³-hybridized carbons (Fsp3) is 0.233. The Bertz CT molecular complexity index is 1490. The first-order valence-corrected chi connectivity index (χ1v) is 12.6. The topological polar surface area (TPSA) is 87.5 Å². The number of rotatable bonds is 7. The summed E-state index contributed by atoms with van der Waals surface area (Å²) >= 11 is 0. The van der Waals surface area contributed by atoms with Crippen LogP contribution < -0.4 is 19.5 Å². The number of hydrogen-bond donors (Lipinski definition) is 1. The molecule has 38 heavy (non-hydrogen) atoms. The molecular weight excluding hydrogens is 480 g/mol. The van der Waals surface area contributed by atoms with E-state index in [4.69, 9.17) is 14.2 Å². The van der Waals surface area contributed by atoms with E-state index in [-0.39, 0.29) is 17.7 Å². The molecule has 3 aromatic carbocycles. The summed E-state index contributed by atoms with van der Waals surface area (Å²) in [7, 11) is 3.23. The Morgan fingerprint density at radius 1 is 0.921 bits per heavy atom. The Hall–Kier alpha value is -4.59. The highest BCUT2D eigenvalue weighted by atomic mass is 16.5. The van der Waals surface area contributed by atoms with Crippen molar-refractivity contribution >= 4 is 11.7 Å². The minimum Gasteiger partial charge on any atom is -0.493 e. The molecule has 0 unspecified atom stereocenters. The fourth-order valence-electron chi connectivity index (χ4n) is 5.29. The minimum atomic E-state index is -0.356. The smallest absolute Gasteiger partial charge is 0.226 e. The first-order chi connectivity index (χ1) is 18.6. The van der Waals surface area contributed by atoms with Crippen LogP contribution in [0.15, 0.2) is 90.4 Å². The van der Waals surface area contributed by atoms with Crippen LogP contribution in [0.3, 0.4) is 0 Å². The van der Waals surface area contributed by atoms with Crippen LogP contribution in [-0.4, -0.2) is 34.8 Å². The predicted molar refractivity (Wildman–Crippen MR) is 143 cm³/mol. The van der Waals surface area contributed by atoms with Gasteiger partial charge >= 0.3 is 0 Å². The van der Waals surface area contributed by atoms with Crippen LogP contribution in [0.25, 0.3) is 0 Å². The summed E-state index contributed by atoms with van der Waals surface area (Å²) < 4.78 is 18.6. The number of nitrogens with zero attached hydrogens (tertiary/aromatic N) is 3. The molecule has 1 aliphatic carbocycles. The number of anilines is 1. The maximum absolute atomic E-state index is 13.7. The molecule has 2 atom stereocenters. The zero-order chi connectivity index (χ0) is 26.1. The standard InChI is InChI=1S/C30H28N4O4/c1-36-26-13-10-21(16-27(26)37-2)22-14-24-28(25(35)15-22)29(34-30(33-24)31-18-32-34)20-8-11-23(12-9-20)38-17-19-6-4-3-5-7-19/h3-13,16,18,22,29H,14-15,17H2,1-2H3,(H,31,32,33)/t22-,29+/m1/s1. The van der Waals surface area contributed by atoms with Crippen LogP contribution in [-0.2, 0) is 11.4 Å². The highest BCUT2D eigenvalue weighted by Crippen LogP contribution is 2.45. The van der Waals surface area contributed by atoms with Crippen LogP contribution in [0.4, 0.5) is 5.95 Å². The van der Waals surface area contributed by atoms with Gasteiger partial charge in [0.05, 0.1) is 14.2 Å². The van der Waals surface area contributed by atoms with E-state index in [9.17, 15) is 4.79 Å². The summed E-state index contributed by atoms with van der Waals surface area (Å²) in [5, 5.41) is 7.83. The molecule has 192 valence electrons. The zero-order valence-electron chi connectivity index (χ0n) is 21.3. The van der Waals surface area contributed by atoms with Gasteiger partial charge in [0.15, 0.2) is 17.3 Å². The van der Waals surface area contributed by atoms with Crippen molar-refractivity contribution in [1.82, 2.24) is 14.8 Å². The molecular formula is C30H28N4O4. The van der Waals surface area contributed by atoms with E-state index >= 15 is 0 Å². The molecule has 1 aliphatic heterocycles. The molecule has 2 heterocycles. The number of allylic oxidation sites excluding steroid dienone is 2. The fourth-order valence-corrected chi connectivity index (χ4v) is 5.29. The number of aromatic nitrogens is 3. The maximum atomic E-state index is 13.7. The van der Waals surface area contributed by atoms with Crippen molar-refractivity contribution in [3.05, 3.63) is 107 Å². The van der Waals surface area contributed by atoms with Gasteiger partial charge in [-0.2, -0.15) is 10.1 Å². The zero-order valence-corrected chi connectivity index (χ0v) is 21.3. The number of hydrogen-bond acceptors (Lipinski definition) is 7. The van der Waals surface area contributed by atoms with Crippen LogP contribution in [0, 0.1) is 0 Å². The number of ether oxygens (including phenoxy) is 3. The maximum Gasteiger partial charge on any atom is 0.226 e. The minimum absolute atomic E-state index is 0.0115. The van der Waals surface area contributed by atoms with E-state index in [0.717, 1.165) is 33.7 Å². The van der Waals surface area contributed by atoms with Crippen LogP contribution in [0.2, 0.25) is 0 Å². The second-order valence-corrected chi connectivity index (χ2v) is 9.43. The largest absolute Gasteiger partial charge is 0.493 e. The van der Waals surface area contributed by atoms with Gasteiger partial charge in [0.25, 0.3) is 0 Å². The van der Waals surface area contributed by atoms with Gasteiger partial charge in [0.2, 0.25) is 5.95 Å². The Labute approximate surface area is 220 Å². The van der Waals surface area contributed by atoms with Crippen molar-refractivity contribution < 1.29 is 19.0 Å². The summed E-state index contributed by atoms with van der Waals surface area (Å²) in [4.78, 5) is 18.1. The lowest BCUT2D eigenvalue weighted by molar-refractivity contribution is -0.116. The number of benzene rings is 3. The van der Waals surface area contributed by atoms with Crippen LogP contribution in [0.1, 0.15) is 41.5 Å². The van der Waals surface area contributed by atoms with Gasteiger partial charge in [-0.05, 0) is 53.3 Å². The molecule has 8 heteroatoms. The number of fused-ring (bicyclic) bond motifs is 1. The van der Waals surface area contributed by atoms with Gasteiger partial charge in [0, 0.05) is 17.7 Å². The average molecular weight is 509 g/mol. The summed E-state index contributed by atoms with van der Waals surface area (Å²) in [6.07, 6.45) is 2.59. The quantitative estimate of drug-likeness (QED) is 0.363. The molecule has 1 aromatic heterocycles. The van der Waals surface area contributed by atoms with Crippen molar-refractivity contribution in [1.29, 1.82) is 0 Å². The number of ketones is 1. The molecule has 0 saturated carbocycles. The lowest BCUT2D eigenvalue weighted by atomic mass is 9.78. The summed E-state index contributed by atoms with van der Waals surface area (Å²) in [6.45, 7) is 0.492. The summed E-state index contributed by atoms with van der Waals surface area (Å²) in [5.74, 6) is 2.81. The molecule has 0 spiro atoms. The Morgan fingerprint density at radius 3 is 2.45 bits per heavy atom. The van der Waals surface area contributed by atoms with Crippen LogP contribution in [0.5, 0.6) is 17.2 Å². The number of methoxy groups -OCH3 is 2. The second-order valence-electron chi connectivity index (χ2n) is 9.43. The van der Waals surface area contributed by atoms with Gasteiger partial charge in [-0.15, -0.1) is 0 Å². The van der Waals surface area contributed by atoms with Crippen molar-refractivity contribution in [3.8, 4) is 17.2 Å². The van der Waals surface area contributed by atoms with E-state index in [2.05, 4.69) is 15.4 Å². The number of carbonyl (C=O) groups is 1. The van der Waals surface area contributed by atoms with E-state index in [0.29, 0.717) is 36.9 Å². The Kier molecular flexibility index (Phi) is 6.29. The molecule has 0 fully saturated rings. The molecule has 6 rings (SSSR count). The predicted octanol–water partition coefficient (Wildman–Crippen LogP) is 5.29. The average Bonchev–Trinajstić information content (AvgIpc) is 3.43. The highest BCUT2D eigenvalue weighted by molar-refractivity contribution is 6.00. The Morgan fingerprint density at radius 2 is 1.68 bits per heavy atom. The van der Waals surface area contributed by atoms with Crippen LogP contribution >= 0.6 is 0 Å². The molecule has 0 radical (unpaired) electrons. The summed E-state index contributed by atoms with van der Waals surface area (Å²) in [5.41, 5.74) is 4.71. The van der Waals surface area contributed by atoms with Crippen molar-refractivity contribution in [2.45, 2.75) is 31.4 Å². The molecule has 8 nitrogen and oxygen atoms in total. The molecule has 1 N–H and O–H groups in total. The van der Waals surface area contributed by atoms with E-state index < -0.39 is 0 Å². The normalized spacial score (nSPS) is 18.3. The number of carbonyl (C=O) groups excluding carboxylic acids is 1. The van der Waals surface area contributed by atoms with Gasteiger partial charge in [-0.1, -0.05) is 48.5 Å². The first-order valence-electron chi connectivity index (χ1n) is 12.6. The lowest BCUT2D eigenvalue weighted by Crippen LogP contribution is -2.33. The van der Waals surface area contributed by atoms with Crippen molar-refractivity contribution in [2.75, 3.05) is 19.5 Å². The van der Waals surface area contributed by atoms with E-state index in [1.165, 1.54) is 6.33 Å². The Balaban J connectivity index is 1.29. The molecule has 0 amide bonds. The number of Topliss-reactive ketones (excluding diaryl/α,β-unsaturated/α-hetero) is 1.